The van der Waals surface area contributed by atoms with Gasteiger partial charge in [-0.05, 0) is 57.5 Å². The summed E-state index contributed by atoms with van der Waals surface area (Å²) in [5.41, 5.74) is 1.10. The van der Waals surface area contributed by atoms with Crippen LogP contribution in [0.2, 0.25) is 0 Å². The second-order valence-corrected chi connectivity index (χ2v) is 9.01. The molecule has 0 bridgehead atoms. The molecule has 154 valence electrons. The minimum Gasteiger partial charge on any atom is -0.342 e. The van der Waals surface area contributed by atoms with Crippen molar-refractivity contribution in [2.75, 3.05) is 32.7 Å². The molecule has 2 saturated heterocycles. The van der Waals surface area contributed by atoms with E-state index in [4.69, 9.17) is 4.98 Å². The molecule has 1 amide bonds. The van der Waals surface area contributed by atoms with Gasteiger partial charge in [-0.2, -0.15) is 0 Å². The number of rotatable bonds is 3. The third-order valence-corrected chi connectivity index (χ3v) is 6.89. The highest BCUT2D eigenvalue weighted by Crippen LogP contribution is 2.27. The van der Waals surface area contributed by atoms with Crippen molar-refractivity contribution in [2.45, 2.75) is 70.8 Å². The number of hydrogen-bond acceptors (Lipinski definition) is 4. The van der Waals surface area contributed by atoms with Gasteiger partial charge < -0.3 is 4.90 Å². The fourth-order valence-corrected chi connectivity index (χ4v) is 4.88. The third kappa shape index (κ3) is 4.48. The Morgan fingerprint density at radius 3 is 2.54 bits per heavy atom. The second kappa shape index (κ2) is 8.76. The lowest BCUT2D eigenvalue weighted by Gasteiger charge is -2.35. The maximum atomic E-state index is 12.6. The van der Waals surface area contributed by atoms with Gasteiger partial charge in [-0.25, -0.2) is 4.98 Å². The van der Waals surface area contributed by atoms with E-state index < -0.39 is 0 Å². The Morgan fingerprint density at radius 1 is 1.04 bits per heavy atom. The van der Waals surface area contributed by atoms with Gasteiger partial charge in [-0.15, -0.1) is 0 Å². The summed E-state index contributed by atoms with van der Waals surface area (Å²) >= 11 is 0. The molecule has 0 spiro atoms. The van der Waals surface area contributed by atoms with Crippen molar-refractivity contribution in [3.05, 3.63) is 27.9 Å². The van der Waals surface area contributed by atoms with E-state index in [2.05, 4.69) is 11.8 Å². The van der Waals surface area contributed by atoms with E-state index in [0.29, 0.717) is 12.5 Å². The van der Waals surface area contributed by atoms with Gasteiger partial charge in [-0.3, -0.25) is 19.1 Å². The number of nitrogens with zero attached hydrogens (tertiary/aromatic N) is 4. The SMILES string of the molecule is CC1CCN(C(=O)CN2CCC(c3cc(=O)n4c(n3)CCCCC4)CC2)CC1. The maximum Gasteiger partial charge on any atom is 0.253 e. The van der Waals surface area contributed by atoms with Crippen LogP contribution in [-0.4, -0.2) is 58.0 Å². The molecular weight excluding hydrogens is 352 g/mol. The molecule has 28 heavy (non-hydrogen) atoms. The first-order chi connectivity index (χ1) is 13.6. The van der Waals surface area contributed by atoms with E-state index in [0.717, 1.165) is 95.1 Å². The minimum atomic E-state index is 0.124. The van der Waals surface area contributed by atoms with Crippen LogP contribution in [0, 0.1) is 5.92 Å². The maximum absolute atomic E-state index is 12.6. The summed E-state index contributed by atoms with van der Waals surface area (Å²) in [5.74, 6) is 2.37. The van der Waals surface area contributed by atoms with Gasteiger partial charge in [0.05, 0.1) is 12.2 Å². The van der Waals surface area contributed by atoms with Crippen molar-refractivity contribution in [2.24, 2.45) is 5.92 Å². The van der Waals surface area contributed by atoms with Crippen molar-refractivity contribution in [1.82, 2.24) is 19.4 Å². The number of aryl methyl sites for hydroxylation is 1. The second-order valence-electron chi connectivity index (χ2n) is 9.01. The van der Waals surface area contributed by atoms with Gasteiger partial charge >= 0.3 is 0 Å². The zero-order chi connectivity index (χ0) is 19.5. The zero-order valence-corrected chi connectivity index (χ0v) is 17.2. The molecule has 0 aromatic carbocycles. The van der Waals surface area contributed by atoms with Crippen LogP contribution in [-0.2, 0) is 17.8 Å². The average Bonchev–Trinajstić information content (AvgIpc) is 2.95. The van der Waals surface area contributed by atoms with Crippen molar-refractivity contribution in [3.63, 3.8) is 0 Å². The van der Waals surface area contributed by atoms with Gasteiger partial charge in [-0.1, -0.05) is 13.3 Å². The van der Waals surface area contributed by atoms with Crippen LogP contribution >= 0.6 is 0 Å². The van der Waals surface area contributed by atoms with Gasteiger partial charge in [0.1, 0.15) is 5.82 Å². The van der Waals surface area contributed by atoms with E-state index in [-0.39, 0.29) is 11.5 Å². The summed E-state index contributed by atoms with van der Waals surface area (Å²) in [5, 5.41) is 0. The number of carbonyl (C=O) groups excluding carboxylic acids is 1. The molecule has 1 aromatic heterocycles. The highest BCUT2D eigenvalue weighted by Gasteiger charge is 2.27. The number of carbonyl (C=O) groups is 1. The van der Waals surface area contributed by atoms with E-state index in [1.54, 1.807) is 6.07 Å². The first kappa shape index (κ1) is 19.6. The molecule has 0 saturated carbocycles. The first-order valence-corrected chi connectivity index (χ1v) is 11.2. The summed E-state index contributed by atoms with van der Waals surface area (Å²) in [4.78, 5) is 34.4. The van der Waals surface area contributed by atoms with Crippen LogP contribution in [0.4, 0.5) is 0 Å². The van der Waals surface area contributed by atoms with Crippen LogP contribution in [0.1, 0.15) is 69.3 Å². The number of piperidine rings is 2. The molecule has 0 atom stereocenters. The largest absolute Gasteiger partial charge is 0.342 e. The number of aromatic nitrogens is 2. The third-order valence-electron chi connectivity index (χ3n) is 6.89. The zero-order valence-electron chi connectivity index (χ0n) is 17.2. The van der Waals surface area contributed by atoms with Crippen LogP contribution < -0.4 is 5.56 Å². The summed E-state index contributed by atoms with van der Waals surface area (Å²) in [7, 11) is 0. The highest BCUT2D eigenvalue weighted by atomic mass is 16.2. The smallest absolute Gasteiger partial charge is 0.253 e. The molecule has 6 heteroatoms. The van der Waals surface area contributed by atoms with Crippen LogP contribution in [0.15, 0.2) is 10.9 Å². The monoisotopic (exact) mass is 386 g/mol. The van der Waals surface area contributed by atoms with Crippen LogP contribution in [0.3, 0.4) is 0 Å². The van der Waals surface area contributed by atoms with Gasteiger partial charge in [0.15, 0.2) is 0 Å². The molecule has 4 rings (SSSR count). The van der Waals surface area contributed by atoms with Gasteiger partial charge in [0.25, 0.3) is 5.56 Å². The average molecular weight is 387 g/mol. The Balaban J connectivity index is 1.33. The van der Waals surface area contributed by atoms with E-state index in [1.165, 1.54) is 6.42 Å². The Labute approximate surface area is 167 Å². The molecule has 6 nitrogen and oxygen atoms in total. The van der Waals surface area contributed by atoms with Crippen molar-refractivity contribution >= 4 is 5.91 Å². The predicted molar refractivity (Wildman–Crippen MR) is 109 cm³/mol. The molecule has 0 N–H and O–H groups in total. The molecular formula is C22H34N4O2. The van der Waals surface area contributed by atoms with Gasteiger partial charge in [0.2, 0.25) is 5.91 Å². The quantitative estimate of drug-likeness (QED) is 0.800. The lowest BCUT2D eigenvalue weighted by molar-refractivity contribution is -0.134. The summed E-state index contributed by atoms with van der Waals surface area (Å²) in [6.07, 6.45) is 8.55. The molecule has 0 aliphatic carbocycles. The van der Waals surface area contributed by atoms with E-state index in [9.17, 15) is 9.59 Å². The Morgan fingerprint density at radius 2 is 1.79 bits per heavy atom. The minimum absolute atomic E-state index is 0.124. The van der Waals surface area contributed by atoms with Crippen LogP contribution in [0.5, 0.6) is 0 Å². The van der Waals surface area contributed by atoms with Crippen molar-refractivity contribution in [1.29, 1.82) is 0 Å². The summed E-state index contributed by atoms with van der Waals surface area (Å²) in [6.45, 7) is 7.30. The van der Waals surface area contributed by atoms with Crippen molar-refractivity contribution in [3.8, 4) is 0 Å². The molecule has 4 heterocycles. The number of fused-ring (bicyclic) bond motifs is 1. The fourth-order valence-electron chi connectivity index (χ4n) is 4.88. The van der Waals surface area contributed by atoms with Crippen molar-refractivity contribution < 1.29 is 4.79 Å². The van der Waals surface area contributed by atoms with Gasteiger partial charge in [0, 0.05) is 38.0 Å². The lowest BCUT2D eigenvalue weighted by Crippen LogP contribution is -2.45. The number of likely N-dealkylation sites (tertiary alicyclic amines) is 2. The summed E-state index contributed by atoms with van der Waals surface area (Å²) in [6, 6.07) is 1.77. The highest BCUT2D eigenvalue weighted by molar-refractivity contribution is 5.78. The molecule has 1 aromatic rings. The first-order valence-electron chi connectivity index (χ1n) is 11.2. The Hall–Kier alpha value is -1.69. The fraction of sp³-hybridized carbons (Fsp3) is 0.773. The molecule has 3 aliphatic heterocycles. The number of amides is 1. The molecule has 0 radical (unpaired) electrons. The topological polar surface area (TPSA) is 58.4 Å². The van der Waals surface area contributed by atoms with Crippen LogP contribution in [0.25, 0.3) is 0 Å². The number of hydrogen-bond donors (Lipinski definition) is 0. The molecule has 3 aliphatic rings. The Bertz CT molecular complexity index is 743. The molecule has 0 unspecified atom stereocenters. The normalized spacial score (nSPS) is 22.7. The Kier molecular flexibility index (Phi) is 6.14. The van der Waals surface area contributed by atoms with E-state index >= 15 is 0 Å². The van der Waals surface area contributed by atoms with E-state index in [1.807, 2.05) is 9.47 Å². The predicted octanol–water partition coefficient (Wildman–Crippen LogP) is 2.41. The lowest BCUT2D eigenvalue weighted by atomic mass is 9.93. The summed E-state index contributed by atoms with van der Waals surface area (Å²) < 4.78 is 1.88. The standard InChI is InChI=1S/C22H34N4O2/c1-17-6-13-25(14-7-17)22(28)16-24-11-8-18(9-12-24)19-15-21(27)26-10-4-2-3-5-20(26)23-19/h15,17-18H,2-14,16H2,1H3. The molecule has 2 fully saturated rings.